The Balaban J connectivity index is 2.40. The number of hydrogen-bond donors (Lipinski definition) is 2. The molecule has 0 radical (unpaired) electrons. The monoisotopic (exact) mass is 350 g/mol. The van der Waals surface area contributed by atoms with Gasteiger partial charge in [-0.25, -0.2) is 4.79 Å². The number of nitrogens with one attached hydrogen (secondary N) is 1. The zero-order chi connectivity index (χ0) is 15.6. The van der Waals surface area contributed by atoms with Crippen molar-refractivity contribution in [3.05, 3.63) is 46.5 Å². The van der Waals surface area contributed by atoms with E-state index in [1.165, 1.54) is 18.2 Å². The van der Waals surface area contributed by atoms with Gasteiger partial charge in [0.05, 0.1) is 4.47 Å². The van der Waals surface area contributed by atoms with Crippen molar-refractivity contribution in [2.45, 2.75) is 0 Å². The SMILES string of the molecule is C=CCN1C(=O)NC(=O)/C(=C\c2ccc(O)c(Br)c2)C1=O. The van der Waals surface area contributed by atoms with Crippen LogP contribution in [0.4, 0.5) is 4.79 Å². The molecule has 21 heavy (non-hydrogen) atoms. The van der Waals surface area contributed by atoms with E-state index >= 15 is 0 Å². The van der Waals surface area contributed by atoms with Gasteiger partial charge in [-0.2, -0.15) is 0 Å². The molecule has 0 spiro atoms. The summed E-state index contributed by atoms with van der Waals surface area (Å²) in [5, 5.41) is 11.5. The summed E-state index contributed by atoms with van der Waals surface area (Å²) in [6.07, 6.45) is 2.74. The number of phenols is 1. The summed E-state index contributed by atoms with van der Waals surface area (Å²) in [4.78, 5) is 36.4. The maximum Gasteiger partial charge on any atom is 0.331 e. The Morgan fingerprint density at radius 2 is 2.05 bits per heavy atom. The van der Waals surface area contributed by atoms with Crippen LogP contribution in [-0.2, 0) is 9.59 Å². The van der Waals surface area contributed by atoms with E-state index in [2.05, 4.69) is 27.8 Å². The molecule has 2 rings (SSSR count). The van der Waals surface area contributed by atoms with Crippen LogP contribution in [0.1, 0.15) is 5.56 Å². The quantitative estimate of drug-likeness (QED) is 0.494. The lowest BCUT2D eigenvalue weighted by molar-refractivity contribution is -0.129. The highest BCUT2D eigenvalue weighted by Crippen LogP contribution is 2.25. The van der Waals surface area contributed by atoms with E-state index < -0.39 is 17.8 Å². The fraction of sp³-hybridized carbons (Fsp3) is 0.0714. The summed E-state index contributed by atoms with van der Waals surface area (Å²) in [5.41, 5.74) is 0.375. The molecule has 1 aromatic rings. The minimum Gasteiger partial charge on any atom is -0.507 e. The second-order valence-corrected chi connectivity index (χ2v) is 5.09. The first kappa shape index (κ1) is 15.0. The zero-order valence-corrected chi connectivity index (χ0v) is 12.4. The minimum absolute atomic E-state index is 0.00849. The predicted molar refractivity (Wildman–Crippen MR) is 79.2 cm³/mol. The highest BCUT2D eigenvalue weighted by molar-refractivity contribution is 9.10. The van der Waals surface area contributed by atoms with Crippen molar-refractivity contribution in [2.24, 2.45) is 0 Å². The Morgan fingerprint density at radius 3 is 2.67 bits per heavy atom. The van der Waals surface area contributed by atoms with Crippen LogP contribution in [0.25, 0.3) is 6.08 Å². The van der Waals surface area contributed by atoms with Crippen molar-refractivity contribution in [1.29, 1.82) is 0 Å². The van der Waals surface area contributed by atoms with E-state index in [0.717, 1.165) is 4.90 Å². The number of carbonyl (C=O) groups excluding carboxylic acids is 3. The molecule has 6 nitrogen and oxygen atoms in total. The molecule has 0 bridgehead atoms. The van der Waals surface area contributed by atoms with Gasteiger partial charge in [0.15, 0.2) is 0 Å². The van der Waals surface area contributed by atoms with Crippen LogP contribution in [0, 0.1) is 0 Å². The summed E-state index contributed by atoms with van der Waals surface area (Å²) < 4.78 is 0.430. The number of imide groups is 2. The van der Waals surface area contributed by atoms with E-state index in [1.807, 2.05) is 0 Å². The van der Waals surface area contributed by atoms with Crippen molar-refractivity contribution >= 4 is 39.9 Å². The van der Waals surface area contributed by atoms with Crippen molar-refractivity contribution in [3.63, 3.8) is 0 Å². The number of rotatable bonds is 3. The number of urea groups is 1. The van der Waals surface area contributed by atoms with Crippen LogP contribution in [0.2, 0.25) is 0 Å². The largest absolute Gasteiger partial charge is 0.507 e. The molecule has 4 amide bonds. The lowest BCUT2D eigenvalue weighted by Gasteiger charge is -2.25. The van der Waals surface area contributed by atoms with Gasteiger partial charge in [0.1, 0.15) is 11.3 Å². The average Bonchev–Trinajstić information content (AvgIpc) is 2.43. The molecule has 0 saturated carbocycles. The summed E-state index contributed by atoms with van der Waals surface area (Å²) in [6, 6.07) is 3.75. The standard InChI is InChI=1S/C14H11BrN2O4/c1-2-5-17-13(20)9(12(19)16-14(17)21)6-8-3-4-11(18)10(15)7-8/h2-4,6-7,18H,1,5H2,(H,16,19,21)/b9-6+. The third-order valence-corrected chi connectivity index (χ3v) is 3.42. The molecule has 108 valence electrons. The second-order valence-electron chi connectivity index (χ2n) is 4.23. The van der Waals surface area contributed by atoms with Crippen LogP contribution < -0.4 is 5.32 Å². The van der Waals surface area contributed by atoms with Crippen LogP contribution in [-0.4, -0.2) is 34.4 Å². The molecule has 1 aromatic carbocycles. The summed E-state index contributed by atoms with van der Waals surface area (Å²) in [5.74, 6) is -1.40. The highest BCUT2D eigenvalue weighted by atomic mass is 79.9. The lowest BCUT2D eigenvalue weighted by atomic mass is 10.1. The number of halogens is 1. The fourth-order valence-electron chi connectivity index (χ4n) is 1.77. The van der Waals surface area contributed by atoms with Gasteiger partial charge in [0, 0.05) is 6.54 Å². The molecule has 7 heteroatoms. The average molecular weight is 351 g/mol. The maximum atomic E-state index is 12.2. The molecule has 1 fully saturated rings. The smallest absolute Gasteiger partial charge is 0.331 e. The molecule has 1 aliphatic heterocycles. The fourth-order valence-corrected chi connectivity index (χ4v) is 2.16. The number of hydrogen-bond acceptors (Lipinski definition) is 4. The van der Waals surface area contributed by atoms with Crippen molar-refractivity contribution < 1.29 is 19.5 Å². The van der Waals surface area contributed by atoms with Crippen molar-refractivity contribution in [3.8, 4) is 5.75 Å². The summed E-state index contributed by atoms with van der Waals surface area (Å²) >= 11 is 3.14. The van der Waals surface area contributed by atoms with E-state index in [0.29, 0.717) is 10.0 Å². The number of aromatic hydroxyl groups is 1. The topological polar surface area (TPSA) is 86.7 Å². The Hall–Kier alpha value is -2.41. The van der Waals surface area contributed by atoms with Gasteiger partial charge < -0.3 is 5.11 Å². The molecule has 1 aliphatic rings. The zero-order valence-electron chi connectivity index (χ0n) is 10.8. The van der Waals surface area contributed by atoms with Crippen LogP contribution in [0.3, 0.4) is 0 Å². The molecular weight excluding hydrogens is 340 g/mol. The van der Waals surface area contributed by atoms with Gasteiger partial charge in [0.2, 0.25) is 0 Å². The number of barbiturate groups is 1. The van der Waals surface area contributed by atoms with Gasteiger partial charge in [-0.15, -0.1) is 6.58 Å². The normalized spacial score (nSPS) is 17.1. The van der Waals surface area contributed by atoms with E-state index in [4.69, 9.17) is 0 Å². The number of carbonyl (C=O) groups is 3. The number of benzene rings is 1. The Bertz CT molecular complexity index is 682. The second kappa shape index (κ2) is 5.92. The third-order valence-electron chi connectivity index (χ3n) is 2.78. The first-order valence-corrected chi connectivity index (χ1v) is 6.71. The third kappa shape index (κ3) is 3.03. The molecule has 0 unspecified atom stereocenters. The Labute approximate surface area is 128 Å². The predicted octanol–water partition coefficient (Wildman–Crippen LogP) is 1.80. The summed E-state index contributed by atoms with van der Waals surface area (Å²) in [7, 11) is 0. The van der Waals surface area contributed by atoms with E-state index in [-0.39, 0.29) is 17.9 Å². The number of phenolic OH excluding ortho intramolecular Hbond substituents is 1. The van der Waals surface area contributed by atoms with E-state index in [9.17, 15) is 19.5 Å². The molecule has 1 heterocycles. The molecular formula is C14H11BrN2O4. The maximum absolute atomic E-state index is 12.2. The lowest BCUT2D eigenvalue weighted by Crippen LogP contribution is -2.54. The van der Waals surface area contributed by atoms with Gasteiger partial charge in [-0.3, -0.25) is 19.8 Å². The molecule has 1 saturated heterocycles. The van der Waals surface area contributed by atoms with Gasteiger partial charge in [-0.05, 0) is 39.7 Å². The Kier molecular flexibility index (Phi) is 4.23. The minimum atomic E-state index is -0.770. The first-order valence-electron chi connectivity index (χ1n) is 5.92. The van der Waals surface area contributed by atoms with Gasteiger partial charge >= 0.3 is 6.03 Å². The Morgan fingerprint density at radius 1 is 1.33 bits per heavy atom. The molecule has 0 aromatic heterocycles. The number of nitrogens with zero attached hydrogens (tertiary/aromatic N) is 1. The van der Waals surface area contributed by atoms with Crippen LogP contribution in [0.15, 0.2) is 40.9 Å². The van der Waals surface area contributed by atoms with Crippen LogP contribution >= 0.6 is 15.9 Å². The highest BCUT2D eigenvalue weighted by Gasteiger charge is 2.34. The van der Waals surface area contributed by atoms with Crippen LogP contribution in [0.5, 0.6) is 5.75 Å². The summed E-state index contributed by atoms with van der Waals surface area (Å²) in [6.45, 7) is 3.47. The van der Waals surface area contributed by atoms with E-state index in [1.54, 1.807) is 12.1 Å². The van der Waals surface area contributed by atoms with Crippen molar-refractivity contribution in [2.75, 3.05) is 6.54 Å². The number of amides is 4. The first-order chi connectivity index (χ1) is 9.93. The molecule has 0 aliphatic carbocycles. The molecule has 0 atom stereocenters. The van der Waals surface area contributed by atoms with Crippen molar-refractivity contribution in [1.82, 2.24) is 10.2 Å². The van der Waals surface area contributed by atoms with Gasteiger partial charge in [0.25, 0.3) is 11.8 Å². The molecule has 2 N–H and O–H groups in total. The van der Waals surface area contributed by atoms with Gasteiger partial charge in [-0.1, -0.05) is 12.1 Å².